The highest BCUT2D eigenvalue weighted by Gasteiger charge is 2.25. The van der Waals surface area contributed by atoms with Gasteiger partial charge in [-0.05, 0) is 41.9 Å². The monoisotopic (exact) mass is 244 g/mol. The summed E-state index contributed by atoms with van der Waals surface area (Å²) in [6, 6.07) is 3.58. The minimum atomic E-state index is -0.736. The van der Waals surface area contributed by atoms with Crippen LogP contribution in [0.5, 0.6) is 0 Å². The largest absolute Gasteiger partial charge is 0.385 e. The number of aromatic nitrogens is 1. The van der Waals surface area contributed by atoms with Crippen molar-refractivity contribution in [3.8, 4) is 0 Å². The molecule has 0 aliphatic rings. The van der Waals surface area contributed by atoms with E-state index in [9.17, 15) is 5.11 Å². The van der Waals surface area contributed by atoms with Gasteiger partial charge in [-0.15, -0.1) is 0 Å². The molecule has 3 N–H and O–H groups in total. The lowest BCUT2D eigenvalue weighted by Crippen LogP contribution is -2.39. The van der Waals surface area contributed by atoms with Gasteiger partial charge in [0.2, 0.25) is 0 Å². The third-order valence-corrected chi connectivity index (χ3v) is 2.20. The van der Waals surface area contributed by atoms with E-state index in [1.54, 1.807) is 26.1 Å². The van der Waals surface area contributed by atoms with Gasteiger partial charge < -0.3 is 10.8 Å². The zero-order valence-electron chi connectivity index (χ0n) is 7.66. The zero-order chi connectivity index (χ0) is 10.1. The van der Waals surface area contributed by atoms with E-state index in [4.69, 9.17) is 5.73 Å². The van der Waals surface area contributed by atoms with Gasteiger partial charge >= 0.3 is 0 Å². The molecule has 1 atom stereocenters. The number of rotatable bonds is 2. The van der Waals surface area contributed by atoms with Gasteiger partial charge in [0.25, 0.3) is 0 Å². The van der Waals surface area contributed by atoms with Gasteiger partial charge in [-0.3, -0.25) is 4.98 Å². The Balaban J connectivity index is 2.90. The molecule has 13 heavy (non-hydrogen) atoms. The quantitative estimate of drug-likeness (QED) is 0.832. The van der Waals surface area contributed by atoms with Gasteiger partial charge in [0.1, 0.15) is 6.10 Å². The SMILES string of the molecule is CC(C)(N)C(O)c1ccc(Br)cn1. The summed E-state index contributed by atoms with van der Waals surface area (Å²) in [4.78, 5) is 4.07. The Hall–Kier alpha value is -0.450. The van der Waals surface area contributed by atoms with Crippen LogP contribution in [-0.2, 0) is 0 Å². The molecular formula is C9H13BrN2O. The van der Waals surface area contributed by atoms with Crippen LogP contribution in [0.2, 0.25) is 0 Å². The third kappa shape index (κ3) is 2.76. The maximum absolute atomic E-state index is 9.75. The molecule has 0 saturated heterocycles. The smallest absolute Gasteiger partial charge is 0.113 e. The van der Waals surface area contributed by atoms with Crippen molar-refractivity contribution in [2.45, 2.75) is 25.5 Å². The summed E-state index contributed by atoms with van der Waals surface area (Å²) >= 11 is 3.27. The van der Waals surface area contributed by atoms with Crippen molar-refractivity contribution in [2.75, 3.05) is 0 Å². The molecule has 0 aliphatic carbocycles. The van der Waals surface area contributed by atoms with Gasteiger partial charge in [0, 0.05) is 16.2 Å². The molecule has 1 aromatic rings. The van der Waals surface area contributed by atoms with Crippen LogP contribution < -0.4 is 5.73 Å². The number of halogens is 1. The van der Waals surface area contributed by atoms with Crippen molar-refractivity contribution < 1.29 is 5.11 Å². The Morgan fingerprint density at radius 1 is 1.54 bits per heavy atom. The fourth-order valence-corrected chi connectivity index (χ4v) is 1.16. The fraction of sp³-hybridized carbons (Fsp3) is 0.444. The van der Waals surface area contributed by atoms with Gasteiger partial charge in [-0.1, -0.05) is 0 Å². The van der Waals surface area contributed by atoms with E-state index in [-0.39, 0.29) is 0 Å². The topological polar surface area (TPSA) is 59.1 Å². The van der Waals surface area contributed by atoms with Crippen molar-refractivity contribution >= 4 is 15.9 Å². The third-order valence-electron chi connectivity index (χ3n) is 1.74. The number of aliphatic hydroxyl groups is 1. The van der Waals surface area contributed by atoms with Crippen LogP contribution in [0.1, 0.15) is 25.6 Å². The predicted octanol–water partition coefficient (Wildman–Crippen LogP) is 1.61. The van der Waals surface area contributed by atoms with Crippen LogP contribution in [0.4, 0.5) is 0 Å². The summed E-state index contributed by atoms with van der Waals surface area (Å²) in [6.07, 6.45) is 0.908. The molecule has 4 heteroatoms. The van der Waals surface area contributed by atoms with E-state index in [1.807, 2.05) is 6.07 Å². The summed E-state index contributed by atoms with van der Waals surface area (Å²) < 4.78 is 0.887. The molecule has 0 fully saturated rings. The number of nitrogens with two attached hydrogens (primary N) is 1. The zero-order valence-corrected chi connectivity index (χ0v) is 9.25. The standard InChI is InChI=1S/C9H13BrN2O/c1-9(2,11)8(13)7-4-3-6(10)5-12-7/h3-5,8,13H,11H2,1-2H3. The van der Waals surface area contributed by atoms with Crippen LogP contribution in [-0.4, -0.2) is 15.6 Å². The maximum atomic E-state index is 9.75. The molecule has 0 saturated carbocycles. The molecule has 0 aromatic carbocycles. The number of hydrogen-bond donors (Lipinski definition) is 2. The Bertz CT molecular complexity index is 279. The molecule has 0 bridgehead atoms. The summed E-state index contributed by atoms with van der Waals surface area (Å²) in [5.41, 5.74) is 5.67. The normalized spacial score (nSPS) is 14.2. The van der Waals surface area contributed by atoms with Crippen LogP contribution in [0.25, 0.3) is 0 Å². The summed E-state index contributed by atoms with van der Waals surface area (Å²) in [5.74, 6) is 0. The summed E-state index contributed by atoms with van der Waals surface area (Å²) in [6.45, 7) is 3.53. The second-order valence-corrected chi connectivity index (χ2v) is 4.54. The maximum Gasteiger partial charge on any atom is 0.113 e. The number of aliphatic hydroxyl groups excluding tert-OH is 1. The molecule has 1 unspecified atom stereocenters. The minimum absolute atomic E-state index is 0.593. The molecule has 0 radical (unpaired) electrons. The van der Waals surface area contributed by atoms with E-state index in [0.717, 1.165) is 4.47 Å². The lowest BCUT2D eigenvalue weighted by molar-refractivity contribution is 0.100. The predicted molar refractivity (Wildman–Crippen MR) is 55.2 cm³/mol. The molecule has 0 spiro atoms. The fourth-order valence-electron chi connectivity index (χ4n) is 0.930. The van der Waals surface area contributed by atoms with Gasteiger partial charge in [0.15, 0.2) is 0 Å². The lowest BCUT2D eigenvalue weighted by atomic mass is 9.96. The van der Waals surface area contributed by atoms with E-state index in [0.29, 0.717) is 5.69 Å². The molecule has 3 nitrogen and oxygen atoms in total. The molecule has 1 heterocycles. The number of nitrogens with zero attached hydrogens (tertiary/aromatic N) is 1. The van der Waals surface area contributed by atoms with E-state index >= 15 is 0 Å². The lowest BCUT2D eigenvalue weighted by Gasteiger charge is -2.25. The van der Waals surface area contributed by atoms with Gasteiger partial charge in [-0.25, -0.2) is 0 Å². The average Bonchev–Trinajstić information content (AvgIpc) is 2.03. The molecule has 0 aliphatic heterocycles. The first-order valence-electron chi connectivity index (χ1n) is 3.99. The number of pyridine rings is 1. The van der Waals surface area contributed by atoms with E-state index in [1.165, 1.54) is 0 Å². The molecule has 0 amide bonds. The second kappa shape index (κ2) is 3.74. The van der Waals surface area contributed by atoms with E-state index < -0.39 is 11.6 Å². The van der Waals surface area contributed by atoms with Crippen molar-refractivity contribution in [1.82, 2.24) is 4.98 Å². The molecule has 1 rings (SSSR count). The number of hydrogen-bond acceptors (Lipinski definition) is 3. The second-order valence-electron chi connectivity index (χ2n) is 3.63. The summed E-state index contributed by atoms with van der Waals surface area (Å²) in [7, 11) is 0. The summed E-state index contributed by atoms with van der Waals surface area (Å²) in [5, 5.41) is 9.75. The Morgan fingerprint density at radius 3 is 2.54 bits per heavy atom. The Labute approximate surface area is 86.1 Å². The first kappa shape index (κ1) is 10.6. The highest BCUT2D eigenvalue weighted by molar-refractivity contribution is 9.10. The van der Waals surface area contributed by atoms with E-state index in [2.05, 4.69) is 20.9 Å². The highest BCUT2D eigenvalue weighted by atomic mass is 79.9. The van der Waals surface area contributed by atoms with Crippen LogP contribution in [0.3, 0.4) is 0 Å². The minimum Gasteiger partial charge on any atom is -0.385 e. The van der Waals surface area contributed by atoms with Crippen molar-refractivity contribution in [3.05, 3.63) is 28.5 Å². The average molecular weight is 245 g/mol. The molecular weight excluding hydrogens is 232 g/mol. The van der Waals surface area contributed by atoms with Crippen LogP contribution in [0.15, 0.2) is 22.8 Å². The highest BCUT2D eigenvalue weighted by Crippen LogP contribution is 2.22. The Kier molecular flexibility index (Phi) is 3.05. The first-order valence-corrected chi connectivity index (χ1v) is 4.79. The van der Waals surface area contributed by atoms with Crippen LogP contribution in [0, 0.1) is 0 Å². The molecule has 72 valence electrons. The first-order chi connectivity index (χ1) is 5.91. The van der Waals surface area contributed by atoms with Gasteiger partial charge in [-0.2, -0.15) is 0 Å². The van der Waals surface area contributed by atoms with Crippen molar-refractivity contribution in [1.29, 1.82) is 0 Å². The molecule has 1 aromatic heterocycles. The van der Waals surface area contributed by atoms with Crippen molar-refractivity contribution in [2.24, 2.45) is 5.73 Å². The Morgan fingerprint density at radius 2 is 2.15 bits per heavy atom. The van der Waals surface area contributed by atoms with Crippen molar-refractivity contribution in [3.63, 3.8) is 0 Å². The van der Waals surface area contributed by atoms with Crippen LogP contribution >= 0.6 is 15.9 Å². The van der Waals surface area contributed by atoms with Gasteiger partial charge in [0.05, 0.1) is 5.69 Å².